The number of nitrogens with one attached hydrogen (secondary N) is 1. The summed E-state index contributed by atoms with van der Waals surface area (Å²) < 4.78 is 0. The molecule has 2 unspecified atom stereocenters. The van der Waals surface area contributed by atoms with Gasteiger partial charge in [0.05, 0.1) is 5.69 Å². The first-order valence-electron chi connectivity index (χ1n) is 5.26. The molecule has 1 aliphatic rings. The highest BCUT2D eigenvalue weighted by atomic mass is 15.1. The maximum Gasteiger partial charge on any atom is 0.222 e. The van der Waals surface area contributed by atoms with Crippen molar-refractivity contribution in [2.45, 2.75) is 32.6 Å². The van der Waals surface area contributed by atoms with Gasteiger partial charge in [-0.05, 0) is 24.3 Å². The molecule has 0 aromatic carbocycles. The first kappa shape index (κ1) is 9.44. The van der Waals surface area contributed by atoms with E-state index in [0.717, 1.165) is 18.3 Å². The number of fused-ring (bicyclic) bond motifs is 1. The fourth-order valence-corrected chi connectivity index (χ4v) is 2.03. The van der Waals surface area contributed by atoms with Gasteiger partial charge in [0.2, 0.25) is 5.95 Å². The number of aryl methyl sites for hydroxylation is 1. The van der Waals surface area contributed by atoms with Gasteiger partial charge in [-0.1, -0.05) is 13.8 Å². The largest absolute Gasteiger partial charge is 0.357 e. The molecule has 2 rings (SSSR count). The minimum atomic E-state index is 0.564. The summed E-state index contributed by atoms with van der Waals surface area (Å²) in [4.78, 5) is 8.79. The maximum atomic E-state index is 4.54. The van der Waals surface area contributed by atoms with Crippen LogP contribution in [0.25, 0.3) is 0 Å². The summed E-state index contributed by atoms with van der Waals surface area (Å²) >= 11 is 0. The molecule has 0 fully saturated rings. The van der Waals surface area contributed by atoms with Crippen LogP contribution in [-0.2, 0) is 6.42 Å². The molecule has 0 radical (unpaired) electrons. The summed E-state index contributed by atoms with van der Waals surface area (Å²) in [7, 11) is 1.86. The molecule has 2 atom stereocenters. The van der Waals surface area contributed by atoms with Crippen molar-refractivity contribution in [2.75, 3.05) is 12.4 Å². The molecule has 1 aromatic rings. The fraction of sp³-hybridized carbons (Fsp3) is 0.636. The minimum Gasteiger partial charge on any atom is -0.357 e. The van der Waals surface area contributed by atoms with Crippen LogP contribution in [-0.4, -0.2) is 17.0 Å². The molecule has 3 nitrogen and oxygen atoms in total. The van der Waals surface area contributed by atoms with Crippen LogP contribution in [0.4, 0.5) is 5.95 Å². The molecule has 0 amide bonds. The van der Waals surface area contributed by atoms with Crippen LogP contribution in [0.5, 0.6) is 0 Å². The molecule has 14 heavy (non-hydrogen) atoms. The maximum absolute atomic E-state index is 4.54. The Morgan fingerprint density at radius 2 is 2.21 bits per heavy atom. The van der Waals surface area contributed by atoms with Crippen molar-refractivity contribution in [3.63, 3.8) is 0 Å². The van der Waals surface area contributed by atoms with Gasteiger partial charge >= 0.3 is 0 Å². The normalized spacial score (nSPS) is 25.6. The van der Waals surface area contributed by atoms with Gasteiger partial charge in [0.15, 0.2) is 0 Å². The monoisotopic (exact) mass is 191 g/mol. The van der Waals surface area contributed by atoms with E-state index < -0.39 is 0 Å². The zero-order valence-electron chi connectivity index (χ0n) is 9.04. The standard InChI is InChI=1S/C11H17N3/c1-7-4-5-9-6-13-11(12-3)14-10(9)8(7)2/h6-8H,4-5H2,1-3H3,(H,12,13,14). The van der Waals surface area contributed by atoms with E-state index in [9.17, 15) is 0 Å². The van der Waals surface area contributed by atoms with Crippen molar-refractivity contribution in [1.82, 2.24) is 9.97 Å². The third-order valence-corrected chi connectivity index (χ3v) is 3.28. The molecule has 0 aliphatic heterocycles. The third-order valence-electron chi connectivity index (χ3n) is 3.28. The van der Waals surface area contributed by atoms with Crippen LogP contribution in [0.1, 0.15) is 37.4 Å². The second-order valence-corrected chi connectivity index (χ2v) is 4.16. The molecular formula is C11H17N3. The molecule has 1 heterocycles. The highest BCUT2D eigenvalue weighted by Crippen LogP contribution is 2.34. The van der Waals surface area contributed by atoms with Crippen molar-refractivity contribution in [1.29, 1.82) is 0 Å². The Kier molecular flexibility index (Phi) is 2.40. The molecule has 0 bridgehead atoms. The topological polar surface area (TPSA) is 37.8 Å². The van der Waals surface area contributed by atoms with Crippen LogP contribution in [0.15, 0.2) is 6.20 Å². The quantitative estimate of drug-likeness (QED) is 0.739. The molecule has 0 saturated carbocycles. The van der Waals surface area contributed by atoms with Crippen molar-refractivity contribution in [3.8, 4) is 0 Å². The average molecular weight is 191 g/mol. The Hall–Kier alpha value is -1.12. The van der Waals surface area contributed by atoms with E-state index in [1.807, 2.05) is 13.2 Å². The number of aromatic nitrogens is 2. The van der Waals surface area contributed by atoms with E-state index in [2.05, 4.69) is 29.1 Å². The lowest BCUT2D eigenvalue weighted by molar-refractivity contribution is 0.416. The van der Waals surface area contributed by atoms with E-state index in [1.54, 1.807) is 0 Å². The number of hydrogen-bond donors (Lipinski definition) is 1. The number of anilines is 1. The Bertz CT molecular complexity index is 335. The van der Waals surface area contributed by atoms with Gasteiger partial charge in [-0.3, -0.25) is 0 Å². The van der Waals surface area contributed by atoms with E-state index >= 15 is 0 Å². The smallest absolute Gasteiger partial charge is 0.222 e. The highest BCUT2D eigenvalue weighted by Gasteiger charge is 2.24. The summed E-state index contributed by atoms with van der Waals surface area (Å²) in [6.45, 7) is 4.56. The Morgan fingerprint density at radius 1 is 1.43 bits per heavy atom. The predicted molar refractivity (Wildman–Crippen MR) is 57.5 cm³/mol. The molecular weight excluding hydrogens is 174 g/mol. The summed E-state index contributed by atoms with van der Waals surface area (Å²) in [5.41, 5.74) is 2.57. The summed E-state index contributed by atoms with van der Waals surface area (Å²) in [6, 6.07) is 0. The zero-order valence-corrected chi connectivity index (χ0v) is 9.04. The molecule has 1 N–H and O–H groups in total. The van der Waals surface area contributed by atoms with Gasteiger partial charge in [-0.2, -0.15) is 0 Å². The molecule has 1 aliphatic carbocycles. The van der Waals surface area contributed by atoms with Gasteiger partial charge < -0.3 is 5.32 Å². The zero-order chi connectivity index (χ0) is 10.1. The first-order valence-corrected chi connectivity index (χ1v) is 5.26. The lowest BCUT2D eigenvalue weighted by Crippen LogP contribution is -2.18. The molecule has 76 valence electrons. The molecule has 3 heteroatoms. The number of rotatable bonds is 1. The van der Waals surface area contributed by atoms with Crippen LogP contribution >= 0.6 is 0 Å². The second kappa shape index (κ2) is 3.56. The van der Waals surface area contributed by atoms with Gasteiger partial charge in [0, 0.05) is 19.2 Å². The fourth-order valence-electron chi connectivity index (χ4n) is 2.03. The summed E-state index contributed by atoms with van der Waals surface area (Å²) in [5, 5.41) is 2.99. The minimum absolute atomic E-state index is 0.564. The lowest BCUT2D eigenvalue weighted by Gasteiger charge is -2.27. The van der Waals surface area contributed by atoms with Gasteiger partial charge in [-0.15, -0.1) is 0 Å². The van der Waals surface area contributed by atoms with Gasteiger partial charge in [0.25, 0.3) is 0 Å². The van der Waals surface area contributed by atoms with E-state index in [0.29, 0.717) is 5.92 Å². The van der Waals surface area contributed by atoms with E-state index in [-0.39, 0.29) is 0 Å². The first-order chi connectivity index (χ1) is 6.72. The van der Waals surface area contributed by atoms with Crippen molar-refractivity contribution in [2.24, 2.45) is 5.92 Å². The second-order valence-electron chi connectivity index (χ2n) is 4.16. The number of hydrogen-bond acceptors (Lipinski definition) is 3. The Labute approximate surface area is 85.0 Å². The van der Waals surface area contributed by atoms with Crippen LogP contribution in [0.2, 0.25) is 0 Å². The lowest BCUT2D eigenvalue weighted by atomic mass is 9.80. The van der Waals surface area contributed by atoms with Gasteiger partial charge in [-0.25, -0.2) is 9.97 Å². The molecule has 0 spiro atoms. The Balaban J connectivity index is 2.41. The third kappa shape index (κ3) is 1.47. The number of nitrogens with zero attached hydrogens (tertiary/aromatic N) is 2. The highest BCUT2D eigenvalue weighted by molar-refractivity contribution is 5.32. The predicted octanol–water partition coefficient (Wildman–Crippen LogP) is 2.20. The van der Waals surface area contributed by atoms with Crippen molar-refractivity contribution in [3.05, 3.63) is 17.5 Å². The van der Waals surface area contributed by atoms with Crippen LogP contribution < -0.4 is 5.32 Å². The summed E-state index contributed by atoms with van der Waals surface area (Å²) in [6.07, 6.45) is 4.36. The van der Waals surface area contributed by atoms with Crippen molar-refractivity contribution < 1.29 is 0 Å². The molecule has 0 saturated heterocycles. The van der Waals surface area contributed by atoms with Crippen LogP contribution in [0.3, 0.4) is 0 Å². The SMILES string of the molecule is CNc1ncc2c(n1)C(C)C(C)CC2. The van der Waals surface area contributed by atoms with E-state index in [4.69, 9.17) is 0 Å². The average Bonchev–Trinajstić information content (AvgIpc) is 2.23. The Morgan fingerprint density at radius 3 is 2.93 bits per heavy atom. The summed E-state index contributed by atoms with van der Waals surface area (Å²) in [5.74, 6) is 2.04. The van der Waals surface area contributed by atoms with E-state index in [1.165, 1.54) is 17.7 Å². The van der Waals surface area contributed by atoms with Crippen LogP contribution in [0, 0.1) is 5.92 Å². The molecule has 1 aromatic heterocycles. The van der Waals surface area contributed by atoms with Crippen molar-refractivity contribution >= 4 is 5.95 Å². The van der Waals surface area contributed by atoms with Gasteiger partial charge in [0.1, 0.15) is 0 Å².